The Hall–Kier alpha value is -0.0400. The van der Waals surface area contributed by atoms with Gasteiger partial charge < -0.3 is 4.48 Å². The molecule has 0 saturated heterocycles. The third-order valence-electron chi connectivity index (χ3n) is 5.00. The average Bonchev–Trinajstić information content (AvgIpc) is 2.37. The van der Waals surface area contributed by atoms with E-state index in [1.54, 1.807) is 0 Å². The zero-order valence-corrected chi connectivity index (χ0v) is 14.0. The van der Waals surface area contributed by atoms with Crippen molar-refractivity contribution in [3.8, 4) is 0 Å². The Kier molecular flexibility index (Phi) is 9.81. The molecule has 2 atom stereocenters. The van der Waals surface area contributed by atoms with Crippen molar-refractivity contribution in [2.45, 2.75) is 98.1 Å². The maximum Gasteiger partial charge on any atom is 0.0884 e. The van der Waals surface area contributed by atoms with Crippen LogP contribution in [-0.2, 0) is 0 Å². The standard InChI is InChI=1S/C17H38N/c1-7-11-13-14-16(5)18(6,15-12-8-2)17(9-3)10-4/h16-17H,7-15H2,1-6H3/q+1. The molecule has 0 aromatic carbocycles. The van der Waals surface area contributed by atoms with Crippen molar-refractivity contribution in [1.29, 1.82) is 0 Å². The second kappa shape index (κ2) is 9.83. The van der Waals surface area contributed by atoms with Crippen molar-refractivity contribution in [2.75, 3.05) is 13.6 Å². The molecule has 0 heterocycles. The van der Waals surface area contributed by atoms with Crippen LogP contribution in [0.5, 0.6) is 0 Å². The molecular weight excluding hydrogens is 218 g/mol. The lowest BCUT2D eigenvalue weighted by atomic mass is 9.99. The molecule has 0 bridgehead atoms. The Balaban J connectivity index is 4.60. The first kappa shape index (κ1) is 18.0. The lowest BCUT2D eigenvalue weighted by molar-refractivity contribution is -0.955. The first-order valence-corrected chi connectivity index (χ1v) is 8.41. The van der Waals surface area contributed by atoms with E-state index >= 15 is 0 Å². The second-order valence-electron chi connectivity index (χ2n) is 6.24. The smallest absolute Gasteiger partial charge is 0.0884 e. The summed E-state index contributed by atoms with van der Waals surface area (Å²) < 4.78 is 1.31. The third-order valence-corrected chi connectivity index (χ3v) is 5.00. The first-order valence-electron chi connectivity index (χ1n) is 8.41. The number of rotatable bonds is 11. The van der Waals surface area contributed by atoms with Crippen LogP contribution >= 0.6 is 0 Å². The lowest BCUT2D eigenvalue weighted by Crippen LogP contribution is -2.57. The summed E-state index contributed by atoms with van der Waals surface area (Å²) in [6, 6.07) is 1.68. The highest BCUT2D eigenvalue weighted by molar-refractivity contribution is 4.62. The normalized spacial score (nSPS) is 16.8. The summed E-state index contributed by atoms with van der Waals surface area (Å²) in [6.07, 6.45) is 10.9. The summed E-state index contributed by atoms with van der Waals surface area (Å²) in [5.74, 6) is 0. The first-order chi connectivity index (χ1) is 8.56. The van der Waals surface area contributed by atoms with Crippen LogP contribution in [0.4, 0.5) is 0 Å². The molecule has 2 unspecified atom stereocenters. The number of quaternary nitrogens is 1. The Morgan fingerprint density at radius 1 is 0.833 bits per heavy atom. The van der Waals surface area contributed by atoms with E-state index in [0.29, 0.717) is 0 Å². The van der Waals surface area contributed by atoms with Gasteiger partial charge in [0.1, 0.15) is 0 Å². The van der Waals surface area contributed by atoms with Crippen molar-refractivity contribution in [3.05, 3.63) is 0 Å². The molecule has 0 aliphatic carbocycles. The topological polar surface area (TPSA) is 0 Å². The quantitative estimate of drug-likeness (QED) is 0.343. The molecular formula is C17H38N+. The van der Waals surface area contributed by atoms with Gasteiger partial charge in [-0.15, -0.1) is 0 Å². The van der Waals surface area contributed by atoms with E-state index in [0.717, 1.165) is 12.1 Å². The minimum atomic E-state index is 0.827. The highest BCUT2D eigenvalue weighted by Gasteiger charge is 2.34. The Bertz CT molecular complexity index is 186. The maximum atomic E-state index is 2.52. The van der Waals surface area contributed by atoms with Crippen molar-refractivity contribution >= 4 is 0 Å². The Morgan fingerprint density at radius 2 is 1.39 bits per heavy atom. The summed E-state index contributed by atoms with van der Waals surface area (Å²) >= 11 is 0. The van der Waals surface area contributed by atoms with Crippen LogP contribution in [0.15, 0.2) is 0 Å². The minimum absolute atomic E-state index is 0.827. The number of unbranched alkanes of at least 4 members (excludes halogenated alkanes) is 3. The van der Waals surface area contributed by atoms with Crippen molar-refractivity contribution in [2.24, 2.45) is 0 Å². The molecule has 1 heteroatoms. The molecule has 0 radical (unpaired) electrons. The summed E-state index contributed by atoms with van der Waals surface area (Å²) in [5, 5.41) is 0. The van der Waals surface area contributed by atoms with E-state index in [-0.39, 0.29) is 0 Å². The van der Waals surface area contributed by atoms with E-state index in [1.165, 1.54) is 62.4 Å². The van der Waals surface area contributed by atoms with Gasteiger partial charge in [-0.25, -0.2) is 0 Å². The van der Waals surface area contributed by atoms with E-state index in [1.807, 2.05) is 0 Å². The van der Waals surface area contributed by atoms with Crippen molar-refractivity contribution in [1.82, 2.24) is 0 Å². The predicted octanol–water partition coefficient (Wildman–Crippen LogP) is 5.39. The van der Waals surface area contributed by atoms with Gasteiger partial charge in [0.25, 0.3) is 0 Å². The molecule has 0 saturated carbocycles. The van der Waals surface area contributed by atoms with E-state index in [4.69, 9.17) is 0 Å². The monoisotopic (exact) mass is 256 g/mol. The molecule has 0 fully saturated rings. The van der Waals surface area contributed by atoms with Crippen LogP contribution in [0.25, 0.3) is 0 Å². The zero-order valence-electron chi connectivity index (χ0n) is 14.0. The number of hydrogen-bond donors (Lipinski definition) is 0. The lowest BCUT2D eigenvalue weighted by Gasteiger charge is -2.46. The fourth-order valence-electron chi connectivity index (χ4n) is 3.37. The van der Waals surface area contributed by atoms with E-state index < -0.39 is 0 Å². The van der Waals surface area contributed by atoms with Gasteiger partial charge in [0.05, 0.1) is 25.7 Å². The van der Waals surface area contributed by atoms with Crippen LogP contribution in [0.3, 0.4) is 0 Å². The number of hydrogen-bond acceptors (Lipinski definition) is 0. The molecule has 0 aromatic rings. The van der Waals surface area contributed by atoms with Gasteiger partial charge in [-0.1, -0.05) is 47.0 Å². The predicted molar refractivity (Wildman–Crippen MR) is 83.9 cm³/mol. The van der Waals surface area contributed by atoms with Crippen LogP contribution in [0.1, 0.15) is 86.0 Å². The summed E-state index contributed by atoms with van der Waals surface area (Å²) in [7, 11) is 2.52. The zero-order chi connectivity index (χ0) is 14.0. The Morgan fingerprint density at radius 3 is 1.83 bits per heavy atom. The fourth-order valence-corrected chi connectivity index (χ4v) is 3.37. The molecule has 110 valence electrons. The maximum absolute atomic E-state index is 2.52. The van der Waals surface area contributed by atoms with Gasteiger partial charge in [0.15, 0.2) is 0 Å². The molecule has 0 aromatic heterocycles. The summed E-state index contributed by atoms with van der Waals surface area (Å²) in [6.45, 7) is 13.2. The SMILES string of the molecule is CCCCCC(C)[N+](C)(CCCC)C(CC)CC. The van der Waals surface area contributed by atoms with Gasteiger partial charge >= 0.3 is 0 Å². The van der Waals surface area contributed by atoms with Gasteiger partial charge in [-0.05, 0) is 39.0 Å². The van der Waals surface area contributed by atoms with Crippen LogP contribution in [-0.4, -0.2) is 30.2 Å². The van der Waals surface area contributed by atoms with Gasteiger partial charge in [-0.2, -0.15) is 0 Å². The molecule has 0 rings (SSSR count). The molecule has 0 aliphatic rings. The largest absolute Gasteiger partial charge is 0.321 e. The van der Waals surface area contributed by atoms with Crippen molar-refractivity contribution in [3.63, 3.8) is 0 Å². The van der Waals surface area contributed by atoms with Crippen LogP contribution in [0.2, 0.25) is 0 Å². The molecule has 1 nitrogen and oxygen atoms in total. The molecule has 0 N–H and O–H groups in total. The van der Waals surface area contributed by atoms with E-state index in [9.17, 15) is 0 Å². The number of nitrogens with zero attached hydrogens (tertiary/aromatic N) is 1. The summed E-state index contributed by atoms with van der Waals surface area (Å²) in [4.78, 5) is 0. The molecule has 18 heavy (non-hydrogen) atoms. The highest BCUT2D eigenvalue weighted by Crippen LogP contribution is 2.26. The Labute approximate surface area is 117 Å². The third kappa shape index (κ3) is 5.30. The highest BCUT2D eigenvalue weighted by atomic mass is 15.4. The second-order valence-corrected chi connectivity index (χ2v) is 6.24. The molecule has 0 aliphatic heterocycles. The van der Waals surface area contributed by atoms with E-state index in [2.05, 4.69) is 41.7 Å². The van der Waals surface area contributed by atoms with Crippen LogP contribution in [0, 0.1) is 0 Å². The summed E-state index contributed by atoms with van der Waals surface area (Å²) in [5.41, 5.74) is 0. The van der Waals surface area contributed by atoms with Gasteiger partial charge in [0.2, 0.25) is 0 Å². The average molecular weight is 256 g/mol. The van der Waals surface area contributed by atoms with Gasteiger partial charge in [0, 0.05) is 0 Å². The van der Waals surface area contributed by atoms with Gasteiger partial charge in [-0.3, -0.25) is 0 Å². The molecule has 0 amide bonds. The molecule has 0 spiro atoms. The minimum Gasteiger partial charge on any atom is -0.321 e. The fraction of sp³-hybridized carbons (Fsp3) is 1.00. The van der Waals surface area contributed by atoms with Crippen molar-refractivity contribution < 1.29 is 4.48 Å². The van der Waals surface area contributed by atoms with Crippen LogP contribution < -0.4 is 0 Å².